The second kappa shape index (κ2) is 9.57. The third kappa shape index (κ3) is 4.15. The fourth-order valence-electron chi connectivity index (χ4n) is 9.68. The lowest BCUT2D eigenvalue weighted by Crippen LogP contribution is -2.52. The van der Waals surface area contributed by atoms with Crippen molar-refractivity contribution in [2.45, 2.75) is 114 Å². The molecule has 0 heterocycles. The van der Waals surface area contributed by atoms with Crippen LogP contribution in [0.3, 0.4) is 0 Å². The topological polar surface area (TPSA) is 0 Å². The summed E-state index contributed by atoms with van der Waals surface area (Å²) in [5, 5.41) is 0. The van der Waals surface area contributed by atoms with Crippen molar-refractivity contribution in [2.24, 2.45) is 16.2 Å². The van der Waals surface area contributed by atoms with Crippen molar-refractivity contribution in [3.05, 3.63) is 111 Å². The number of fused-ring (bicyclic) bond motifs is 3. The Morgan fingerprint density at radius 1 is 0.929 bits per heavy atom. The summed E-state index contributed by atoms with van der Waals surface area (Å²) in [6.07, 6.45) is 3.23. The molecule has 0 N–H and O–H groups in total. The van der Waals surface area contributed by atoms with Crippen LogP contribution in [0.25, 0.3) is 16.7 Å². The van der Waals surface area contributed by atoms with Gasteiger partial charge in [-0.1, -0.05) is 122 Å². The average Bonchev–Trinajstić information content (AvgIpc) is 2.85. The zero-order chi connectivity index (χ0) is 31.3. The summed E-state index contributed by atoms with van der Waals surface area (Å²) in [6, 6.07) is 11.9. The van der Waals surface area contributed by atoms with Gasteiger partial charge < -0.3 is 0 Å². The van der Waals surface area contributed by atoms with Crippen molar-refractivity contribution >= 4 is 5.57 Å². The zero-order valence-corrected chi connectivity index (χ0v) is 28.7. The van der Waals surface area contributed by atoms with Crippen molar-refractivity contribution in [2.75, 3.05) is 0 Å². The summed E-state index contributed by atoms with van der Waals surface area (Å²) in [6.45, 7) is 42.5. The molecule has 0 heteroatoms. The molecule has 0 spiro atoms. The molecule has 42 heavy (non-hydrogen) atoms. The summed E-state index contributed by atoms with van der Waals surface area (Å²) < 4.78 is 0. The van der Waals surface area contributed by atoms with Crippen LogP contribution >= 0.6 is 0 Å². The molecule has 0 fully saturated rings. The number of hydrogen-bond acceptors (Lipinski definition) is 0. The van der Waals surface area contributed by atoms with Crippen molar-refractivity contribution in [3.63, 3.8) is 0 Å². The minimum absolute atomic E-state index is 0.00598. The maximum Gasteiger partial charge on any atom is 0.0194 e. The van der Waals surface area contributed by atoms with Gasteiger partial charge in [-0.3, -0.25) is 0 Å². The largest absolute Gasteiger partial charge is 0.0955 e. The highest BCUT2D eigenvalue weighted by Crippen LogP contribution is 2.70. The summed E-state index contributed by atoms with van der Waals surface area (Å²) in [4.78, 5) is 0. The van der Waals surface area contributed by atoms with Gasteiger partial charge in [-0.25, -0.2) is 0 Å². The lowest BCUT2D eigenvalue weighted by atomic mass is 9.41. The molecule has 5 rings (SSSR count). The summed E-state index contributed by atoms with van der Waals surface area (Å²) in [7, 11) is 0. The number of benzene rings is 2. The molecular weight excluding hydrogens is 504 g/mol. The van der Waals surface area contributed by atoms with Gasteiger partial charge in [0.15, 0.2) is 0 Å². The molecule has 0 saturated heterocycles. The molecule has 2 aromatic carbocycles. The first-order valence-electron chi connectivity index (χ1n) is 16.0. The molecule has 0 amide bonds. The molecule has 0 nitrogen and oxygen atoms in total. The van der Waals surface area contributed by atoms with Crippen molar-refractivity contribution in [1.82, 2.24) is 0 Å². The lowest BCUT2D eigenvalue weighted by Gasteiger charge is -2.62. The Morgan fingerprint density at radius 3 is 2.05 bits per heavy atom. The van der Waals surface area contributed by atoms with E-state index in [1.165, 1.54) is 72.4 Å². The van der Waals surface area contributed by atoms with E-state index in [9.17, 15) is 0 Å². The first kappa shape index (κ1) is 30.6. The van der Waals surface area contributed by atoms with E-state index < -0.39 is 0 Å². The van der Waals surface area contributed by atoms with Crippen LogP contribution in [0.5, 0.6) is 0 Å². The molecule has 2 aromatic rings. The van der Waals surface area contributed by atoms with Gasteiger partial charge in [0.25, 0.3) is 0 Å². The summed E-state index contributed by atoms with van der Waals surface area (Å²) >= 11 is 0. The Hall–Kier alpha value is -2.86. The molecule has 0 aromatic heterocycles. The molecule has 3 atom stereocenters. The Bertz CT molecular complexity index is 1610. The summed E-state index contributed by atoms with van der Waals surface area (Å²) in [5.41, 5.74) is 19.1. The molecule has 3 aliphatic carbocycles. The molecule has 0 radical (unpaired) electrons. The second-order valence-corrected chi connectivity index (χ2v) is 16.1. The van der Waals surface area contributed by atoms with Crippen LogP contribution < -0.4 is 0 Å². The van der Waals surface area contributed by atoms with Gasteiger partial charge in [0.1, 0.15) is 0 Å². The van der Waals surface area contributed by atoms with Gasteiger partial charge in [0.2, 0.25) is 0 Å². The molecule has 0 saturated carbocycles. The van der Waals surface area contributed by atoms with Crippen molar-refractivity contribution < 1.29 is 0 Å². The van der Waals surface area contributed by atoms with E-state index in [-0.39, 0.29) is 21.7 Å². The van der Waals surface area contributed by atoms with Gasteiger partial charge in [-0.05, 0) is 130 Å². The fraction of sp³-hybridized carbons (Fsp3) is 0.476. The Morgan fingerprint density at radius 2 is 1.52 bits per heavy atom. The van der Waals surface area contributed by atoms with Crippen LogP contribution in [0.2, 0.25) is 0 Å². The third-order valence-electron chi connectivity index (χ3n) is 11.7. The van der Waals surface area contributed by atoms with E-state index in [4.69, 9.17) is 13.2 Å². The van der Waals surface area contributed by atoms with Gasteiger partial charge in [0.05, 0.1) is 0 Å². The molecule has 0 aliphatic heterocycles. The van der Waals surface area contributed by atoms with E-state index in [2.05, 4.69) is 120 Å². The van der Waals surface area contributed by atoms with Gasteiger partial charge in [-0.15, -0.1) is 0 Å². The van der Waals surface area contributed by atoms with Crippen molar-refractivity contribution in [3.8, 4) is 11.1 Å². The standard InChI is InChI=1S/C42H54/c1-24(2)31-16-18-32(19-17-31)33-20-35(39(10,11)12)27(6)37-28(7)38-30(9)42(15)29(8)36(25(3)4)26(5)21-41(42,14)23-40(38,13)22-34(33)37/h16-20,24H,3,7-8,21-23H2,1-2,4-6,9-15H3/t40-,41+,42-/m1/s1. The van der Waals surface area contributed by atoms with E-state index in [0.29, 0.717) is 5.92 Å². The SMILES string of the molecule is C=C(C)C1=C(C)C[C@@]2(C)C[C@@]3(C)Cc4c(-c5ccc(C(C)C)cc5)cc(C(C)(C)C)c(C)c4C(=C)C3=C(C)[C@@]2(C)C1=C. The quantitative estimate of drug-likeness (QED) is 0.351. The highest BCUT2D eigenvalue weighted by atomic mass is 14.6. The molecule has 0 unspecified atom stereocenters. The first-order chi connectivity index (χ1) is 19.3. The first-order valence-corrected chi connectivity index (χ1v) is 16.0. The van der Waals surface area contributed by atoms with Crippen molar-refractivity contribution in [1.29, 1.82) is 0 Å². The zero-order valence-electron chi connectivity index (χ0n) is 28.7. The van der Waals surface area contributed by atoms with Crippen LogP contribution in [-0.2, 0) is 11.8 Å². The molecule has 3 aliphatic rings. The Kier molecular flexibility index (Phi) is 6.97. The lowest BCUT2D eigenvalue weighted by molar-refractivity contribution is 0.0544. The molecular formula is C42H54. The monoisotopic (exact) mass is 558 g/mol. The number of rotatable bonds is 3. The smallest absolute Gasteiger partial charge is 0.0194 e. The fourth-order valence-corrected chi connectivity index (χ4v) is 9.68. The molecule has 0 bridgehead atoms. The van der Waals surface area contributed by atoms with E-state index in [1.54, 1.807) is 0 Å². The molecule has 222 valence electrons. The Balaban J connectivity index is 1.81. The van der Waals surface area contributed by atoms with Crippen LogP contribution in [0.15, 0.2) is 83.5 Å². The van der Waals surface area contributed by atoms with Gasteiger partial charge >= 0.3 is 0 Å². The maximum absolute atomic E-state index is 4.96. The second-order valence-electron chi connectivity index (χ2n) is 16.1. The van der Waals surface area contributed by atoms with Crippen LogP contribution in [0.4, 0.5) is 0 Å². The average molecular weight is 559 g/mol. The van der Waals surface area contributed by atoms with Gasteiger partial charge in [-0.2, -0.15) is 0 Å². The minimum atomic E-state index is -0.138. The van der Waals surface area contributed by atoms with Crippen LogP contribution in [-0.4, -0.2) is 0 Å². The highest BCUT2D eigenvalue weighted by molar-refractivity contribution is 5.91. The summed E-state index contributed by atoms with van der Waals surface area (Å²) in [5.74, 6) is 0.524. The van der Waals surface area contributed by atoms with Gasteiger partial charge in [0, 0.05) is 5.41 Å². The van der Waals surface area contributed by atoms with Crippen LogP contribution in [0, 0.1) is 23.2 Å². The highest BCUT2D eigenvalue weighted by Gasteiger charge is 2.60. The van der Waals surface area contributed by atoms with E-state index >= 15 is 0 Å². The Labute approximate surface area is 257 Å². The minimum Gasteiger partial charge on any atom is -0.0955 e. The van der Waals surface area contributed by atoms with Crippen LogP contribution in [0.1, 0.15) is 123 Å². The number of hydrogen-bond donors (Lipinski definition) is 0. The predicted molar refractivity (Wildman–Crippen MR) is 185 cm³/mol. The third-order valence-corrected chi connectivity index (χ3v) is 11.7. The number of allylic oxidation sites excluding steroid dienone is 7. The predicted octanol–water partition coefficient (Wildman–Crippen LogP) is 12.2. The van der Waals surface area contributed by atoms with E-state index in [1.807, 2.05) is 0 Å². The normalized spacial score (nSPS) is 27.7. The van der Waals surface area contributed by atoms with E-state index in [0.717, 1.165) is 24.8 Å². The maximum atomic E-state index is 4.96.